The Balaban J connectivity index is 1.26. The van der Waals surface area contributed by atoms with Crippen LogP contribution in [0.4, 0.5) is 24.9 Å². The van der Waals surface area contributed by atoms with Crippen molar-refractivity contribution in [1.29, 1.82) is 0 Å². The lowest BCUT2D eigenvalue weighted by Gasteiger charge is -2.26. The number of rotatable bonds is 3. The van der Waals surface area contributed by atoms with Gasteiger partial charge in [-0.15, -0.1) is 0 Å². The van der Waals surface area contributed by atoms with Gasteiger partial charge in [0.15, 0.2) is 11.6 Å². The summed E-state index contributed by atoms with van der Waals surface area (Å²) in [6.45, 7) is 1.34. The molecule has 162 valence electrons. The summed E-state index contributed by atoms with van der Waals surface area (Å²) >= 11 is 0. The van der Waals surface area contributed by atoms with Crippen molar-refractivity contribution in [1.82, 2.24) is 15.0 Å². The van der Waals surface area contributed by atoms with E-state index in [1.165, 1.54) is 17.1 Å². The summed E-state index contributed by atoms with van der Waals surface area (Å²) in [5, 5.41) is 5.58. The molecule has 2 aliphatic heterocycles. The Bertz CT molecular complexity index is 1030. The lowest BCUT2D eigenvalue weighted by molar-refractivity contribution is -0.137. The minimum atomic E-state index is -0.673. The van der Waals surface area contributed by atoms with Crippen molar-refractivity contribution in [3.8, 4) is 0 Å². The molecule has 1 aliphatic carbocycles. The smallest absolute Gasteiger partial charge is 0.246 e. The monoisotopic (exact) mass is 430 g/mol. The van der Waals surface area contributed by atoms with Crippen LogP contribution in [0.25, 0.3) is 0 Å². The van der Waals surface area contributed by atoms with E-state index in [0.717, 1.165) is 12.3 Å². The first-order valence-corrected chi connectivity index (χ1v) is 10.2. The maximum absolute atomic E-state index is 13.7. The van der Waals surface area contributed by atoms with Gasteiger partial charge in [0.1, 0.15) is 11.6 Å². The number of amides is 1. The first-order valence-electron chi connectivity index (χ1n) is 10.2. The summed E-state index contributed by atoms with van der Waals surface area (Å²) in [6, 6.07) is 2.81. The van der Waals surface area contributed by atoms with E-state index in [9.17, 15) is 18.0 Å². The molecule has 31 heavy (non-hydrogen) atoms. The lowest BCUT2D eigenvalue weighted by Crippen LogP contribution is -2.33. The molecule has 1 amide bonds. The summed E-state index contributed by atoms with van der Waals surface area (Å²) in [6.07, 6.45) is 4.48. The van der Waals surface area contributed by atoms with E-state index in [2.05, 4.69) is 15.1 Å². The number of carbonyl (C=O) groups is 1. The summed E-state index contributed by atoms with van der Waals surface area (Å²) < 4.78 is 40.7. The molecular weight excluding hydrogens is 409 g/mol. The highest BCUT2D eigenvalue weighted by molar-refractivity contribution is 5.82. The number of fused-ring (bicyclic) bond motifs is 1. The summed E-state index contributed by atoms with van der Waals surface area (Å²) in [5.41, 5.74) is 5.95. The SMILES string of the molecule is Nc1nc(N2C[C@H]3CC(C(=O)N4N=CC[C@@H]4c4cc(F)cc(F)c4)C[C@H]3C2)ncc1F. The number of hydrazone groups is 1. The third-order valence-corrected chi connectivity index (χ3v) is 6.47. The standard InChI is InChI=1S/C21H21F3N6O/c22-15-5-11(6-16(23)7-15)18-1-2-27-30(18)20(31)12-3-13-9-29(10-14(13)4-12)21-26-8-17(24)19(25)28-21/h2,5-8,12-14,18H,1,3-4,9-10H2,(H2,25,26,28)/t12?,13-,14+,18-/m1/s1. The number of halogens is 3. The minimum absolute atomic E-state index is 0.119. The van der Waals surface area contributed by atoms with Crippen LogP contribution in [0.15, 0.2) is 29.5 Å². The van der Waals surface area contributed by atoms with Gasteiger partial charge in [0, 0.05) is 37.7 Å². The molecule has 1 saturated heterocycles. The fraction of sp³-hybridized carbons (Fsp3) is 0.429. The van der Waals surface area contributed by atoms with Crippen LogP contribution in [0.5, 0.6) is 0 Å². The highest BCUT2D eigenvalue weighted by Crippen LogP contribution is 2.44. The first kappa shape index (κ1) is 19.8. The average molecular weight is 430 g/mol. The van der Waals surface area contributed by atoms with Crippen LogP contribution in [0.1, 0.15) is 30.9 Å². The number of nitrogen functional groups attached to an aromatic ring is 1. The second-order valence-corrected chi connectivity index (χ2v) is 8.43. The van der Waals surface area contributed by atoms with Crippen LogP contribution >= 0.6 is 0 Å². The zero-order chi connectivity index (χ0) is 21.7. The Kier molecular flexibility index (Phi) is 4.79. The molecule has 5 rings (SSSR count). The molecule has 0 spiro atoms. The van der Waals surface area contributed by atoms with Crippen LogP contribution in [0.2, 0.25) is 0 Å². The predicted octanol–water partition coefficient (Wildman–Crippen LogP) is 2.90. The van der Waals surface area contributed by atoms with Crippen LogP contribution in [-0.4, -0.2) is 40.2 Å². The third kappa shape index (κ3) is 3.60. The number of carbonyl (C=O) groups excluding carboxylic acids is 1. The molecule has 3 heterocycles. The molecule has 2 N–H and O–H groups in total. The maximum Gasteiger partial charge on any atom is 0.246 e. The molecule has 10 heteroatoms. The molecule has 0 bridgehead atoms. The van der Waals surface area contributed by atoms with Crippen molar-refractivity contribution in [3.05, 3.63) is 47.4 Å². The van der Waals surface area contributed by atoms with E-state index in [-0.39, 0.29) is 29.5 Å². The number of hydrogen-bond acceptors (Lipinski definition) is 6. The Morgan fingerprint density at radius 1 is 1.06 bits per heavy atom. The number of nitrogens with zero attached hydrogens (tertiary/aromatic N) is 5. The highest BCUT2D eigenvalue weighted by Gasteiger charge is 2.46. The van der Waals surface area contributed by atoms with Crippen molar-refractivity contribution in [2.24, 2.45) is 22.9 Å². The van der Waals surface area contributed by atoms with Crippen molar-refractivity contribution >= 4 is 23.9 Å². The molecule has 1 unspecified atom stereocenters. The second-order valence-electron chi connectivity index (χ2n) is 8.43. The Labute approximate surface area is 176 Å². The normalized spacial score (nSPS) is 27.2. The van der Waals surface area contributed by atoms with Gasteiger partial charge >= 0.3 is 0 Å². The highest BCUT2D eigenvalue weighted by atomic mass is 19.1. The van der Waals surface area contributed by atoms with E-state index in [1.54, 1.807) is 6.21 Å². The Morgan fingerprint density at radius 2 is 1.74 bits per heavy atom. The van der Waals surface area contributed by atoms with Crippen molar-refractivity contribution in [2.45, 2.75) is 25.3 Å². The topological polar surface area (TPSA) is 87.7 Å². The molecule has 3 aliphatic rings. The van der Waals surface area contributed by atoms with Crippen LogP contribution in [0.3, 0.4) is 0 Å². The van der Waals surface area contributed by atoms with Gasteiger partial charge in [0.25, 0.3) is 0 Å². The largest absolute Gasteiger partial charge is 0.381 e. The van der Waals surface area contributed by atoms with Crippen LogP contribution in [-0.2, 0) is 4.79 Å². The fourth-order valence-corrected chi connectivity index (χ4v) is 5.05. The average Bonchev–Trinajstić information content (AvgIpc) is 3.43. The van der Waals surface area contributed by atoms with Crippen molar-refractivity contribution in [2.75, 3.05) is 23.7 Å². The van der Waals surface area contributed by atoms with Crippen LogP contribution in [0, 0.1) is 35.2 Å². The number of anilines is 2. The predicted molar refractivity (Wildman–Crippen MR) is 107 cm³/mol. The van der Waals surface area contributed by atoms with E-state index in [4.69, 9.17) is 5.73 Å². The van der Waals surface area contributed by atoms with Gasteiger partial charge in [-0.05, 0) is 42.4 Å². The Morgan fingerprint density at radius 3 is 2.39 bits per heavy atom. The first-order chi connectivity index (χ1) is 14.9. The Hall–Kier alpha value is -3.17. The quantitative estimate of drug-likeness (QED) is 0.809. The molecule has 1 saturated carbocycles. The van der Waals surface area contributed by atoms with Crippen molar-refractivity contribution in [3.63, 3.8) is 0 Å². The van der Waals surface area contributed by atoms with E-state index in [1.807, 2.05) is 4.90 Å². The van der Waals surface area contributed by atoms with Gasteiger partial charge in [-0.25, -0.2) is 23.2 Å². The molecule has 4 atom stereocenters. The zero-order valence-corrected chi connectivity index (χ0v) is 16.6. The van der Waals surface area contributed by atoms with E-state index < -0.39 is 23.5 Å². The summed E-state index contributed by atoms with van der Waals surface area (Å²) in [5.74, 6) is -1.54. The second kappa shape index (κ2) is 7.51. The molecule has 0 radical (unpaired) electrons. The van der Waals surface area contributed by atoms with E-state index >= 15 is 0 Å². The lowest BCUT2D eigenvalue weighted by atomic mass is 10.0. The number of nitrogens with two attached hydrogens (primary N) is 1. The molecular formula is C21H21F3N6O. The minimum Gasteiger partial charge on any atom is -0.381 e. The molecule has 1 aromatic carbocycles. The van der Waals surface area contributed by atoms with Gasteiger partial charge in [0.05, 0.1) is 12.2 Å². The fourth-order valence-electron chi connectivity index (χ4n) is 5.05. The molecule has 7 nitrogen and oxygen atoms in total. The zero-order valence-electron chi connectivity index (χ0n) is 16.6. The van der Waals surface area contributed by atoms with Gasteiger partial charge in [-0.1, -0.05) is 0 Å². The molecule has 2 fully saturated rings. The van der Waals surface area contributed by atoms with Gasteiger partial charge in [-0.3, -0.25) is 4.79 Å². The van der Waals surface area contributed by atoms with Gasteiger partial charge < -0.3 is 10.6 Å². The van der Waals surface area contributed by atoms with E-state index in [0.29, 0.717) is 43.9 Å². The van der Waals surface area contributed by atoms with Crippen molar-refractivity contribution < 1.29 is 18.0 Å². The van der Waals surface area contributed by atoms with Gasteiger partial charge in [0.2, 0.25) is 11.9 Å². The van der Waals surface area contributed by atoms with Crippen LogP contribution < -0.4 is 10.6 Å². The number of benzene rings is 1. The summed E-state index contributed by atoms with van der Waals surface area (Å²) in [7, 11) is 0. The maximum atomic E-state index is 13.7. The number of aromatic nitrogens is 2. The molecule has 2 aromatic rings. The third-order valence-electron chi connectivity index (χ3n) is 6.47. The summed E-state index contributed by atoms with van der Waals surface area (Å²) in [4.78, 5) is 23.2. The van der Waals surface area contributed by atoms with Gasteiger partial charge in [-0.2, -0.15) is 10.1 Å². The molecule has 1 aromatic heterocycles. The number of hydrogen-bond donors (Lipinski definition) is 1.